The Balaban J connectivity index is 2.23. The molecule has 0 saturated heterocycles. The maximum atomic E-state index is 10.7. The van der Waals surface area contributed by atoms with Gasteiger partial charge in [-0.05, 0) is 50.4 Å². The number of aliphatic hydroxyl groups excluding tert-OH is 1. The first kappa shape index (κ1) is 22.1. The Labute approximate surface area is 151 Å². The summed E-state index contributed by atoms with van der Waals surface area (Å²) in [6.45, 7) is 2.22. The van der Waals surface area contributed by atoms with Gasteiger partial charge in [-0.3, -0.25) is 0 Å². The summed E-state index contributed by atoms with van der Waals surface area (Å²) in [6.07, 6.45) is 15.7. The molecule has 1 unspecified atom stereocenters. The highest BCUT2D eigenvalue weighted by Crippen LogP contribution is 2.36. The van der Waals surface area contributed by atoms with Gasteiger partial charge < -0.3 is 20.4 Å². The quantitative estimate of drug-likeness (QED) is 0.229. The minimum absolute atomic E-state index is 0.0873. The molecule has 5 nitrogen and oxygen atoms in total. The molecule has 25 heavy (non-hydrogen) atoms. The summed E-state index contributed by atoms with van der Waals surface area (Å²) >= 11 is 0. The molecule has 0 bridgehead atoms. The van der Waals surface area contributed by atoms with Crippen LogP contribution in [-0.4, -0.2) is 38.3 Å². The Bertz CT molecular complexity index is 405. The van der Waals surface area contributed by atoms with E-state index in [4.69, 9.17) is 5.11 Å². The van der Waals surface area contributed by atoms with E-state index in [-0.39, 0.29) is 6.42 Å². The number of carboxylic acid groups (broad SMARTS) is 1. The molecule has 0 heterocycles. The van der Waals surface area contributed by atoms with Crippen LogP contribution in [0.2, 0.25) is 0 Å². The van der Waals surface area contributed by atoms with Gasteiger partial charge in [0.15, 0.2) is 0 Å². The lowest BCUT2D eigenvalue weighted by atomic mass is 9.89. The van der Waals surface area contributed by atoms with E-state index in [1.165, 1.54) is 51.4 Å². The van der Waals surface area contributed by atoms with Gasteiger partial charge in [-0.15, -0.1) is 0 Å². The summed E-state index contributed by atoms with van der Waals surface area (Å²) < 4.78 is 0. The number of allylic oxidation sites excluding steroid dienone is 2. The lowest BCUT2D eigenvalue weighted by Gasteiger charge is -2.23. The topological polar surface area (TPSA) is 98.0 Å². The molecule has 1 aliphatic rings. The summed E-state index contributed by atoms with van der Waals surface area (Å²) in [5.41, 5.74) is 0. The molecule has 5 heteroatoms. The van der Waals surface area contributed by atoms with E-state index in [0.717, 1.165) is 12.8 Å². The Morgan fingerprint density at radius 2 is 1.92 bits per heavy atom. The van der Waals surface area contributed by atoms with Crippen LogP contribution < -0.4 is 0 Å². The van der Waals surface area contributed by atoms with Crippen molar-refractivity contribution in [3.63, 3.8) is 0 Å². The average molecular weight is 357 g/mol. The van der Waals surface area contributed by atoms with E-state index < -0.39 is 17.9 Å². The molecule has 0 radical (unpaired) electrons. The van der Waals surface area contributed by atoms with Gasteiger partial charge in [0.05, 0.1) is 0 Å². The zero-order valence-corrected chi connectivity index (χ0v) is 15.6. The zero-order chi connectivity index (χ0) is 18.7. The van der Waals surface area contributed by atoms with Crippen LogP contribution in [0.15, 0.2) is 12.2 Å². The highest BCUT2D eigenvalue weighted by Gasteiger charge is 2.41. The number of unbranched alkanes of at least 4 members (excludes halogenated alkanes) is 5. The van der Waals surface area contributed by atoms with E-state index in [1.54, 1.807) is 0 Å². The molecule has 3 atom stereocenters. The Morgan fingerprint density at radius 1 is 1.16 bits per heavy atom. The average Bonchev–Trinajstić information content (AvgIpc) is 3.01. The second kappa shape index (κ2) is 11.7. The number of aliphatic carboxylic acids is 1. The summed E-state index contributed by atoms with van der Waals surface area (Å²) in [5, 5.41) is 36.8. The molecule has 4 N–H and O–H groups in total. The van der Waals surface area contributed by atoms with Crippen molar-refractivity contribution in [3.8, 4) is 0 Å². The molecule has 0 amide bonds. The second-order valence-corrected chi connectivity index (χ2v) is 7.46. The molecule has 0 aromatic heterocycles. The molecule has 0 aromatic carbocycles. The minimum atomic E-state index is -3.05. The first-order valence-electron chi connectivity index (χ1n) is 9.92. The minimum Gasteiger partial charge on any atom is -0.477 e. The molecule has 0 aromatic rings. The fraction of sp³-hybridized carbons (Fsp3) is 0.850. The molecule has 0 aliphatic heterocycles. The summed E-state index contributed by atoms with van der Waals surface area (Å²) in [6, 6.07) is 0. The van der Waals surface area contributed by atoms with Crippen LogP contribution in [-0.2, 0) is 4.79 Å². The van der Waals surface area contributed by atoms with E-state index >= 15 is 0 Å². The van der Waals surface area contributed by atoms with Crippen molar-refractivity contribution in [2.75, 3.05) is 0 Å². The number of aliphatic hydroxyl groups is 3. The van der Waals surface area contributed by atoms with Gasteiger partial charge >= 0.3 is 5.97 Å². The second-order valence-electron chi connectivity index (χ2n) is 7.46. The monoisotopic (exact) mass is 356 g/mol. The van der Waals surface area contributed by atoms with Crippen molar-refractivity contribution in [3.05, 3.63) is 12.2 Å². The number of hydrogen-bond donors (Lipinski definition) is 4. The summed E-state index contributed by atoms with van der Waals surface area (Å²) in [7, 11) is 0. The summed E-state index contributed by atoms with van der Waals surface area (Å²) in [4.78, 5) is 10.7. The highest BCUT2D eigenvalue weighted by atomic mass is 16.6. The van der Waals surface area contributed by atoms with E-state index in [9.17, 15) is 20.1 Å². The number of carboxylic acids is 1. The van der Waals surface area contributed by atoms with Crippen molar-refractivity contribution in [2.24, 2.45) is 11.8 Å². The molecular formula is C20H36O5. The largest absolute Gasteiger partial charge is 0.477 e. The van der Waals surface area contributed by atoms with Crippen molar-refractivity contribution in [1.82, 2.24) is 0 Å². The van der Waals surface area contributed by atoms with Crippen LogP contribution in [0.25, 0.3) is 0 Å². The zero-order valence-electron chi connectivity index (χ0n) is 15.6. The molecule has 0 spiro atoms. The molecular weight excluding hydrogens is 320 g/mol. The van der Waals surface area contributed by atoms with Crippen LogP contribution in [0.4, 0.5) is 0 Å². The Hall–Kier alpha value is -0.910. The van der Waals surface area contributed by atoms with Gasteiger partial charge in [-0.2, -0.15) is 0 Å². The van der Waals surface area contributed by atoms with Gasteiger partial charge in [0, 0.05) is 0 Å². The Morgan fingerprint density at radius 3 is 2.60 bits per heavy atom. The maximum Gasteiger partial charge on any atom is 0.366 e. The third-order valence-corrected chi connectivity index (χ3v) is 5.41. The predicted octanol–water partition coefficient (Wildman–Crippen LogP) is 3.62. The van der Waals surface area contributed by atoms with Crippen LogP contribution in [0, 0.1) is 11.8 Å². The number of carbonyl (C=O) groups is 1. The third kappa shape index (κ3) is 7.89. The smallest absolute Gasteiger partial charge is 0.366 e. The van der Waals surface area contributed by atoms with E-state index in [1.807, 2.05) is 0 Å². The van der Waals surface area contributed by atoms with Gasteiger partial charge in [-0.1, -0.05) is 57.6 Å². The molecule has 1 fully saturated rings. The molecule has 146 valence electrons. The SMILES string of the molecule is CCCCCC/C=C/[C@H]1CCC[C@@H]1CCCCC(O)C(O)(O)C(=O)O. The van der Waals surface area contributed by atoms with Crippen molar-refractivity contribution in [2.45, 2.75) is 95.9 Å². The van der Waals surface area contributed by atoms with Crippen molar-refractivity contribution in [1.29, 1.82) is 0 Å². The molecule has 1 rings (SSSR count). The lowest BCUT2D eigenvalue weighted by molar-refractivity contribution is -0.237. The van der Waals surface area contributed by atoms with E-state index in [2.05, 4.69) is 19.1 Å². The third-order valence-electron chi connectivity index (χ3n) is 5.41. The van der Waals surface area contributed by atoms with Gasteiger partial charge in [0.2, 0.25) is 0 Å². The van der Waals surface area contributed by atoms with Crippen molar-refractivity contribution < 1.29 is 25.2 Å². The molecule has 1 saturated carbocycles. The van der Waals surface area contributed by atoms with Crippen LogP contribution in [0.3, 0.4) is 0 Å². The fourth-order valence-electron chi connectivity index (χ4n) is 3.73. The van der Waals surface area contributed by atoms with Gasteiger partial charge in [-0.25, -0.2) is 4.79 Å². The first-order chi connectivity index (χ1) is 11.9. The predicted molar refractivity (Wildman–Crippen MR) is 98.0 cm³/mol. The summed E-state index contributed by atoms with van der Waals surface area (Å²) in [5.74, 6) is -3.54. The van der Waals surface area contributed by atoms with Crippen LogP contribution in [0.1, 0.15) is 84.0 Å². The Kier molecular flexibility index (Phi) is 10.3. The number of hydrogen-bond acceptors (Lipinski definition) is 4. The number of rotatable bonds is 13. The van der Waals surface area contributed by atoms with Crippen molar-refractivity contribution >= 4 is 5.97 Å². The normalized spacial score (nSPS) is 22.6. The first-order valence-corrected chi connectivity index (χ1v) is 9.92. The van der Waals surface area contributed by atoms with Gasteiger partial charge in [0.25, 0.3) is 5.79 Å². The molecule has 1 aliphatic carbocycles. The van der Waals surface area contributed by atoms with Crippen LogP contribution in [0.5, 0.6) is 0 Å². The standard InChI is InChI=1S/C20H36O5/c1-2-3-4-5-6-7-11-16-13-10-14-17(16)12-8-9-15-18(21)20(24,25)19(22)23/h7,11,16-18,21,24-25H,2-6,8-10,12-15H2,1H3,(H,22,23)/b11-7+/t16-,17-,18?/m0/s1. The lowest BCUT2D eigenvalue weighted by Crippen LogP contribution is -2.49. The highest BCUT2D eigenvalue weighted by molar-refractivity contribution is 5.75. The van der Waals surface area contributed by atoms with Crippen LogP contribution >= 0.6 is 0 Å². The fourth-order valence-corrected chi connectivity index (χ4v) is 3.73. The van der Waals surface area contributed by atoms with E-state index in [0.29, 0.717) is 18.3 Å². The maximum absolute atomic E-state index is 10.7. The van der Waals surface area contributed by atoms with Gasteiger partial charge in [0.1, 0.15) is 6.10 Å².